The molecule has 1 unspecified atom stereocenters. The second-order valence-electron chi connectivity index (χ2n) is 9.00. The average molecular weight is 478 g/mol. The number of methoxy groups -OCH3 is 1. The quantitative estimate of drug-likeness (QED) is 0.539. The van der Waals surface area contributed by atoms with Gasteiger partial charge in [-0.1, -0.05) is 44.2 Å². The first kappa shape index (κ1) is 24.3. The van der Waals surface area contributed by atoms with Crippen molar-refractivity contribution >= 4 is 28.3 Å². The first-order valence-electron chi connectivity index (χ1n) is 11.8. The molecule has 4 rings (SSSR count). The van der Waals surface area contributed by atoms with Gasteiger partial charge in [0.1, 0.15) is 11.8 Å². The molecule has 0 radical (unpaired) electrons. The van der Waals surface area contributed by atoms with Gasteiger partial charge in [0, 0.05) is 31.6 Å². The summed E-state index contributed by atoms with van der Waals surface area (Å²) in [6.45, 7) is 6.31. The molecular formula is C26H31N5O4. The molecule has 1 atom stereocenters. The number of aromatic nitrogens is 2. The van der Waals surface area contributed by atoms with Crippen molar-refractivity contribution in [1.29, 1.82) is 0 Å². The van der Waals surface area contributed by atoms with Gasteiger partial charge in [0.15, 0.2) is 0 Å². The predicted molar refractivity (Wildman–Crippen MR) is 135 cm³/mol. The maximum Gasteiger partial charge on any atom is 0.272 e. The first-order valence-corrected chi connectivity index (χ1v) is 11.8. The summed E-state index contributed by atoms with van der Waals surface area (Å²) in [4.78, 5) is 42.3. The van der Waals surface area contributed by atoms with E-state index >= 15 is 0 Å². The zero-order valence-electron chi connectivity index (χ0n) is 20.3. The largest absolute Gasteiger partial charge is 0.495 e. The minimum atomic E-state index is -0.644. The highest BCUT2D eigenvalue weighted by Crippen LogP contribution is 2.28. The molecule has 0 spiro atoms. The van der Waals surface area contributed by atoms with Gasteiger partial charge >= 0.3 is 0 Å². The number of H-pyrrole nitrogens is 1. The van der Waals surface area contributed by atoms with Crippen LogP contribution in [0.3, 0.4) is 0 Å². The highest BCUT2D eigenvalue weighted by atomic mass is 16.5. The fourth-order valence-electron chi connectivity index (χ4n) is 4.45. The molecule has 1 fully saturated rings. The number of benzene rings is 2. The minimum absolute atomic E-state index is 0.0324. The fourth-order valence-corrected chi connectivity index (χ4v) is 4.45. The van der Waals surface area contributed by atoms with Crippen LogP contribution < -0.4 is 20.5 Å². The molecule has 184 valence electrons. The van der Waals surface area contributed by atoms with Gasteiger partial charge in [0.2, 0.25) is 11.8 Å². The molecule has 2 N–H and O–H groups in total. The van der Waals surface area contributed by atoms with Crippen molar-refractivity contribution in [3.05, 3.63) is 64.6 Å². The molecular weight excluding hydrogens is 446 g/mol. The number of para-hydroxylation sites is 2. The van der Waals surface area contributed by atoms with E-state index in [1.54, 1.807) is 31.4 Å². The average Bonchev–Trinajstić information content (AvgIpc) is 2.88. The SMILES string of the molecule is COc1ccccc1N1CCN(C(=O)C(NC(=O)Cc2n[nH]c(=O)c3ccccc23)C(C)C)CC1. The maximum absolute atomic E-state index is 13.4. The van der Waals surface area contributed by atoms with Crippen LogP contribution in [0.25, 0.3) is 10.8 Å². The van der Waals surface area contributed by atoms with Crippen molar-refractivity contribution in [3.8, 4) is 5.75 Å². The number of carbonyl (C=O) groups is 2. The topological polar surface area (TPSA) is 108 Å². The fraction of sp³-hybridized carbons (Fsp3) is 0.385. The number of rotatable bonds is 7. The molecule has 1 aliphatic rings. The van der Waals surface area contributed by atoms with Crippen molar-refractivity contribution < 1.29 is 14.3 Å². The number of hydrogen-bond acceptors (Lipinski definition) is 6. The van der Waals surface area contributed by atoms with Crippen LogP contribution in [0.2, 0.25) is 0 Å². The predicted octanol–water partition coefficient (Wildman–Crippen LogP) is 1.96. The van der Waals surface area contributed by atoms with Gasteiger partial charge in [-0.2, -0.15) is 5.10 Å². The van der Waals surface area contributed by atoms with E-state index in [0.717, 1.165) is 11.4 Å². The summed E-state index contributed by atoms with van der Waals surface area (Å²) < 4.78 is 5.47. The van der Waals surface area contributed by atoms with Gasteiger partial charge in [0.05, 0.1) is 30.3 Å². The molecule has 2 aromatic carbocycles. The van der Waals surface area contributed by atoms with Crippen molar-refractivity contribution in [3.63, 3.8) is 0 Å². The highest BCUT2D eigenvalue weighted by molar-refractivity contribution is 5.91. The second kappa shape index (κ2) is 10.6. The maximum atomic E-state index is 13.4. The third kappa shape index (κ3) is 5.29. The molecule has 9 nitrogen and oxygen atoms in total. The van der Waals surface area contributed by atoms with Crippen LogP contribution in [0.5, 0.6) is 5.75 Å². The molecule has 2 heterocycles. The van der Waals surface area contributed by atoms with Crippen LogP contribution in [0.15, 0.2) is 53.3 Å². The summed E-state index contributed by atoms with van der Waals surface area (Å²) in [6, 6.07) is 14.2. The molecule has 9 heteroatoms. The van der Waals surface area contributed by atoms with Crippen LogP contribution in [0, 0.1) is 5.92 Å². The summed E-state index contributed by atoms with van der Waals surface area (Å²) in [7, 11) is 1.65. The number of aromatic amines is 1. The smallest absolute Gasteiger partial charge is 0.272 e. The lowest BCUT2D eigenvalue weighted by atomic mass is 10.0. The van der Waals surface area contributed by atoms with Gasteiger partial charge in [-0.3, -0.25) is 14.4 Å². The number of nitrogens with zero attached hydrogens (tertiary/aromatic N) is 3. The Morgan fingerprint density at radius 1 is 1.03 bits per heavy atom. The summed E-state index contributed by atoms with van der Waals surface area (Å²) in [5.41, 5.74) is 1.18. The molecule has 1 saturated heterocycles. The summed E-state index contributed by atoms with van der Waals surface area (Å²) in [5.74, 6) is 0.323. The number of nitrogens with one attached hydrogen (secondary N) is 2. The zero-order chi connectivity index (χ0) is 24.9. The van der Waals surface area contributed by atoms with Gasteiger partial charge in [-0.15, -0.1) is 0 Å². The highest BCUT2D eigenvalue weighted by Gasteiger charge is 2.31. The van der Waals surface area contributed by atoms with Crippen LogP contribution in [0.4, 0.5) is 5.69 Å². The number of amides is 2. The number of hydrogen-bond donors (Lipinski definition) is 2. The summed E-state index contributed by atoms with van der Waals surface area (Å²) in [6.07, 6.45) is -0.0324. The van der Waals surface area contributed by atoms with Crippen LogP contribution in [-0.4, -0.2) is 66.2 Å². The van der Waals surface area contributed by atoms with Crippen molar-refractivity contribution in [2.45, 2.75) is 26.3 Å². The Hall–Kier alpha value is -3.88. The molecule has 1 aliphatic heterocycles. The Morgan fingerprint density at radius 3 is 2.37 bits per heavy atom. The molecule has 35 heavy (non-hydrogen) atoms. The summed E-state index contributed by atoms with van der Waals surface area (Å²) >= 11 is 0. The molecule has 1 aromatic heterocycles. The van der Waals surface area contributed by atoms with E-state index in [1.807, 2.05) is 43.0 Å². The van der Waals surface area contributed by atoms with Crippen molar-refractivity contribution in [2.75, 3.05) is 38.2 Å². The van der Waals surface area contributed by atoms with Crippen molar-refractivity contribution in [2.24, 2.45) is 5.92 Å². The van der Waals surface area contributed by atoms with E-state index in [1.165, 1.54) is 0 Å². The zero-order valence-corrected chi connectivity index (χ0v) is 20.3. The van der Waals surface area contributed by atoms with Crippen molar-refractivity contribution in [1.82, 2.24) is 20.4 Å². The molecule has 2 amide bonds. The van der Waals surface area contributed by atoms with Gasteiger partial charge in [-0.25, -0.2) is 5.10 Å². The second-order valence-corrected chi connectivity index (χ2v) is 9.00. The minimum Gasteiger partial charge on any atom is -0.495 e. The molecule has 3 aromatic rings. The Balaban J connectivity index is 1.41. The molecule has 0 aliphatic carbocycles. The van der Waals surface area contributed by atoms with Gasteiger partial charge in [-0.05, 0) is 24.1 Å². The molecule has 0 saturated carbocycles. The van der Waals surface area contributed by atoms with Gasteiger partial charge in [0.25, 0.3) is 5.56 Å². The third-order valence-corrected chi connectivity index (χ3v) is 6.37. The number of piperazine rings is 1. The van der Waals surface area contributed by atoms with E-state index in [-0.39, 0.29) is 29.7 Å². The lowest BCUT2D eigenvalue weighted by Gasteiger charge is -2.38. The lowest BCUT2D eigenvalue weighted by molar-refractivity contribution is -0.137. The Morgan fingerprint density at radius 2 is 1.69 bits per heavy atom. The van der Waals surface area contributed by atoms with Gasteiger partial charge < -0.3 is 19.9 Å². The Bertz CT molecular complexity index is 1260. The monoisotopic (exact) mass is 477 g/mol. The van der Waals surface area contributed by atoms with E-state index in [9.17, 15) is 14.4 Å². The van der Waals surface area contributed by atoms with E-state index in [0.29, 0.717) is 42.6 Å². The van der Waals surface area contributed by atoms with Crippen LogP contribution in [0.1, 0.15) is 19.5 Å². The van der Waals surface area contributed by atoms with E-state index < -0.39 is 6.04 Å². The van der Waals surface area contributed by atoms with Crippen LogP contribution >= 0.6 is 0 Å². The first-order chi connectivity index (χ1) is 16.9. The normalized spacial score (nSPS) is 14.7. The van der Waals surface area contributed by atoms with E-state index in [2.05, 4.69) is 20.4 Å². The summed E-state index contributed by atoms with van der Waals surface area (Å²) in [5, 5.41) is 10.5. The Kier molecular flexibility index (Phi) is 7.33. The lowest BCUT2D eigenvalue weighted by Crippen LogP contribution is -2.56. The van der Waals surface area contributed by atoms with E-state index in [4.69, 9.17) is 4.74 Å². The van der Waals surface area contributed by atoms with Crippen LogP contribution in [-0.2, 0) is 16.0 Å². The number of fused-ring (bicyclic) bond motifs is 1. The third-order valence-electron chi connectivity index (χ3n) is 6.37. The number of ether oxygens (including phenoxy) is 1. The number of anilines is 1. The number of carbonyl (C=O) groups excluding carboxylic acids is 2. The Labute approximate surface area is 204 Å². The molecule has 0 bridgehead atoms. The standard InChI is InChI=1S/C26H31N5O4/c1-17(2)24(27-23(32)16-20-18-8-4-5-9-19(18)25(33)29-28-20)26(34)31-14-12-30(13-15-31)21-10-6-7-11-22(21)35-3/h4-11,17,24H,12-16H2,1-3H3,(H,27,32)(H,29,33).